The summed E-state index contributed by atoms with van der Waals surface area (Å²) in [5.74, 6) is 0.0441. The van der Waals surface area contributed by atoms with Gasteiger partial charge in [0, 0.05) is 11.1 Å². The van der Waals surface area contributed by atoms with E-state index in [1.807, 2.05) is 54.6 Å². The van der Waals surface area contributed by atoms with Crippen LogP contribution in [0.15, 0.2) is 60.7 Å². The fourth-order valence-corrected chi connectivity index (χ4v) is 4.94. The summed E-state index contributed by atoms with van der Waals surface area (Å²) in [5.41, 5.74) is 3.67. The Morgan fingerprint density at radius 3 is 2.44 bits per heavy atom. The molecular weight excluding hydrogens is 468 g/mol. The van der Waals surface area contributed by atoms with E-state index in [0.717, 1.165) is 41.5 Å². The highest BCUT2D eigenvalue weighted by Gasteiger charge is 2.40. The normalized spacial score (nSPS) is 15.4. The largest absolute Gasteiger partial charge is 0.468 e. The van der Waals surface area contributed by atoms with Crippen molar-refractivity contribution in [1.29, 1.82) is 0 Å². The Bertz CT molecular complexity index is 1450. The molecule has 2 aromatic heterocycles. The molecule has 0 atom stereocenters. The lowest BCUT2D eigenvalue weighted by molar-refractivity contribution is 0.136. The van der Waals surface area contributed by atoms with Crippen LogP contribution < -0.4 is 10.1 Å². The van der Waals surface area contributed by atoms with Gasteiger partial charge in [-0.15, -0.1) is 10.2 Å². The smallest absolute Gasteiger partial charge is 0.405 e. The van der Waals surface area contributed by atoms with Gasteiger partial charge in [0.05, 0.1) is 11.2 Å². The molecule has 0 radical (unpaired) electrons. The molecule has 6 rings (SSSR count). The number of aromatic nitrogens is 4. The van der Waals surface area contributed by atoms with Crippen molar-refractivity contribution in [3.63, 3.8) is 0 Å². The molecule has 0 saturated heterocycles. The highest BCUT2D eigenvalue weighted by atomic mass is 19.3. The van der Waals surface area contributed by atoms with Crippen molar-refractivity contribution in [3.8, 4) is 34.0 Å². The van der Waals surface area contributed by atoms with E-state index in [2.05, 4.69) is 15.5 Å². The monoisotopic (exact) mass is 489 g/mol. The minimum absolute atomic E-state index is 0.0217. The number of halogens is 2. The highest BCUT2D eigenvalue weighted by molar-refractivity contribution is 5.83. The number of hydrogen-bond donors (Lipinski definition) is 2. The minimum Gasteiger partial charge on any atom is -0.468 e. The first-order chi connectivity index (χ1) is 17.4. The number of rotatable bonds is 5. The van der Waals surface area contributed by atoms with Crippen molar-refractivity contribution < 1.29 is 23.4 Å². The summed E-state index contributed by atoms with van der Waals surface area (Å²) in [6.07, 6.45) is -1.41. The first-order valence-corrected chi connectivity index (χ1v) is 11.5. The predicted octanol–water partition coefficient (Wildman–Crippen LogP) is 5.47. The maximum Gasteiger partial charge on any atom is 0.405 e. The van der Waals surface area contributed by atoms with Crippen LogP contribution in [0, 0.1) is 0 Å². The SMILES string of the molecule is O=C(O)NC1(c2ccc(-c3nc4c(cc3-c3ccccc3)-n3c(nnc3C(F)F)CO4)cc2)CCC1. The molecule has 2 N–H and O–H groups in total. The van der Waals surface area contributed by atoms with Crippen LogP contribution in [0.5, 0.6) is 5.88 Å². The maximum absolute atomic E-state index is 13.7. The number of ether oxygens (including phenoxy) is 1. The highest BCUT2D eigenvalue weighted by Crippen LogP contribution is 2.43. The third-order valence-electron chi connectivity index (χ3n) is 6.85. The van der Waals surface area contributed by atoms with Crippen LogP contribution in [0.3, 0.4) is 0 Å². The summed E-state index contributed by atoms with van der Waals surface area (Å²) in [6.45, 7) is -0.0217. The summed E-state index contributed by atoms with van der Waals surface area (Å²) in [5, 5.41) is 19.5. The average molecular weight is 489 g/mol. The van der Waals surface area contributed by atoms with Crippen molar-refractivity contribution in [2.45, 2.75) is 37.8 Å². The van der Waals surface area contributed by atoms with E-state index in [-0.39, 0.29) is 18.3 Å². The van der Waals surface area contributed by atoms with Gasteiger partial charge >= 0.3 is 6.09 Å². The van der Waals surface area contributed by atoms with Gasteiger partial charge in [0.1, 0.15) is 5.69 Å². The summed E-state index contributed by atoms with van der Waals surface area (Å²) < 4.78 is 34.4. The molecule has 0 bridgehead atoms. The number of amides is 1. The third-order valence-corrected chi connectivity index (χ3v) is 6.85. The molecule has 1 amide bonds. The van der Waals surface area contributed by atoms with Crippen LogP contribution in [0.4, 0.5) is 13.6 Å². The van der Waals surface area contributed by atoms with E-state index in [4.69, 9.17) is 9.72 Å². The van der Waals surface area contributed by atoms with Gasteiger partial charge in [-0.05, 0) is 36.5 Å². The molecular formula is C26H21F2N5O3. The molecule has 2 aliphatic rings. The van der Waals surface area contributed by atoms with Crippen LogP contribution in [-0.2, 0) is 12.1 Å². The second-order valence-electron chi connectivity index (χ2n) is 8.92. The van der Waals surface area contributed by atoms with Crippen LogP contribution in [-0.4, -0.2) is 30.9 Å². The van der Waals surface area contributed by atoms with Gasteiger partial charge in [0.25, 0.3) is 6.43 Å². The van der Waals surface area contributed by atoms with E-state index in [9.17, 15) is 18.7 Å². The van der Waals surface area contributed by atoms with Crippen molar-refractivity contribution in [2.24, 2.45) is 0 Å². The molecule has 3 heterocycles. The number of carboxylic acid groups (broad SMARTS) is 1. The van der Waals surface area contributed by atoms with Crippen LogP contribution >= 0.6 is 0 Å². The van der Waals surface area contributed by atoms with Crippen molar-refractivity contribution in [3.05, 3.63) is 77.9 Å². The standard InChI is InChI=1S/C26H21F2N5O3/c27-22(28)23-32-31-20-14-36-24-19(33(20)23)13-18(15-5-2-1-3-6-15)21(29-24)16-7-9-17(10-8-16)26(11-4-12-26)30-25(34)35/h1-3,5-10,13,22,30H,4,11-12,14H2,(H,34,35). The van der Waals surface area contributed by atoms with Crippen molar-refractivity contribution >= 4 is 6.09 Å². The molecule has 8 nitrogen and oxygen atoms in total. The van der Waals surface area contributed by atoms with Gasteiger partial charge in [-0.25, -0.2) is 18.6 Å². The quantitative estimate of drug-likeness (QED) is 0.385. The van der Waals surface area contributed by atoms with Gasteiger partial charge in [0.15, 0.2) is 12.4 Å². The second-order valence-corrected chi connectivity index (χ2v) is 8.92. The summed E-state index contributed by atoms with van der Waals surface area (Å²) in [7, 11) is 0. The fraction of sp³-hybridized carbons (Fsp3) is 0.231. The molecule has 1 fully saturated rings. The number of carbonyl (C=O) groups is 1. The van der Waals surface area contributed by atoms with Crippen LogP contribution in [0.2, 0.25) is 0 Å². The Kier molecular flexibility index (Phi) is 5.17. The molecule has 2 aromatic carbocycles. The molecule has 182 valence electrons. The number of pyridine rings is 1. The summed E-state index contributed by atoms with van der Waals surface area (Å²) >= 11 is 0. The average Bonchev–Trinajstić information content (AvgIpc) is 3.31. The van der Waals surface area contributed by atoms with E-state index in [1.165, 1.54) is 4.57 Å². The number of alkyl halides is 2. The van der Waals surface area contributed by atoms with Crippen LogP contribution in [0.25, 0.3) is 28.1 Å². The molecule has 4 aromatic rings. The number of nitrogens with one attached hydrogen (secondary N) is 1. The zero-order chi connectivity index (χ0) is 24.9. The van der Waals surface area contributed by atoms with E-state index in [0.29, 0.717) is 11.4 Å². The second kappa shape index (κ2) is 8.40. The van der Waals surface area contributed by atoms with Gasteiger partial charge in [0.2, 0.25) is 11.7 Å². The molecule has 1 aliphatic heterocycles. The molecule has 0 spiro atoms. The lowest BCUT2D eigenvalue weighted by Crippen LogP contribution is -2.50. The molecule has 36 heavy (non-hydrogen) atoms. The molecule has 1 saturated carbocycles. The minimum atomic E-state index is -2.80. The Hall–Kier alpha value is -4.34. The summed E-state index contributed by atoms with van der Waals surface area (Å²) in [4.78, 5) is 16.1. The third kappa shape index (κ3) is 3.57. The van der Waals surface area contributed by atoms with Crippen molar-refractivity contribution in [2.75, 3.05) is 0 Å². The lowest BCUT2D eigenvalue weighted by atomic mass is 9.71. The number of benzene rings is 2. The van der Waals surface area contributed by atoms with Gasteiger partial charge in [-0.2, -0.15) is 0 Å². The Morgan fingerprint density at radius 2 is 1.81 bits per heavy atom. The lowest BCUT2D eigenvalue weighted by Gasteiger charge is -2.42. The Balaban J connectivity index is 1.48. The van der Waals surface area contributed by atoms with Crippen molar-refractivity contribution in [1.82, 2.24) is 25.1 Å². The zero-order valence-electron chi connectivity index (χ0n) is 19.0. The van der Waals surface area contributed by atoms with E-state index < -0.39 is 23.9 Å². The summed E-state index contributed by atoms with van der Waals surface area (Å²) in [6, 6.07) is 18.9. The first kappa shape index (κ1) is 22.1. The van der Waals surface area contributed by atoms with Gasteiger partial charge in [-0.3, -0.25) is 4.57 Å². The van der Waals surface area contributed by atoms with Crippen LogP contribution in [0.1, 0.15) is 42.9 Å². The molecule has 1 aliphatic carbocycles. The number of nitrogens with zero attached hydrogens (tertiary/aromatic N) is 4. The number of fused-ring (bicyclic) bond motifs is 3. The molecule has 0 unspecified atom stereocenters. The first-order valence-electron chi connectivity index (χ1n) is 11.5. The Morgan fingerprint density at radius 1 is 1.06 bits per heavy atom. The zero-order valence-corrected chi connectivity index (χ0v) is 19.0. The maximum atomic E-state index is 13.7. The number of hydrogen-bond acceptors (Lipinski definition) is 5. The topological polar surface area (TPSA) is 102 Å². The fourth-order valence-electron chi connectivity index (χ4n) is 4.94. The molecule has 10 heteroatoms. The Labute approximate surface area is 204 Å². The van der Waals surface area contributed by atoms with E-state index in [1.54, 1.807) is 6.07 Å². The van der Waals surface area contributed by atoms with Gasteiger partial charge < -0.3 is 15.2 Å². The van der Waals surface area contributed by atoms with E-state index >= 15 is 0 Å². The van der Waals surface area contributed by atoms with Gasteiger partial charge in [-0.1, -0.05) is 54.6 Å². The predicted molar refractivity (Wildman–Crippen MR) is 126 cm³/mol.